The van der Waals surface area contributed by atoms with Gasteiger partial charge in [-0.25, -0.2) is 0 Å². The number of rotatable bonds is 8. The molecule has 4 fully saturated rings. The van der Waals surface area contributed by atoms with Gasteiger partial charge in [0.15, 0.2) is 0 Å². The monoisotopic (exact) mass is 651 g/mol. The molecular weight excluding hydrogens is 581 g/mol. The maximum Gasteiger partial charge on any atom is 0.0483 e. The maximum absolute atomic E-state index is 4.69. The topological polar surface area (TPSA) is 0 Å². The van der Waals surface area contributed by atoms with E-state index >= 15 is 0 Å². The summed E-state index contributed by atoms with van der Waals surface area (Å²) in [6.07, 6.45) is 14.1. The Morgan fingerprint density at radius 2 is 1.04 bits per heavy atom. The summed E-state index contributed by atoms with van der Waals surface area (Å²) in [5, 5.41) is 0. The number of benzene rings is 2. The lowest BCUT2D eigenvalue weighted by atomic mass is 9.50. The van der Waals surface area contributed by atoms with Crippen molar-refractivity contribution in [3.8, 4) is 0 Å². The van der Waals surface area contributed by atoms with Crippen molar-refractivity contribution in [1.82, 2.24) is 0 Å². The van der Waals surface area contributed by atoms with Crippen molar-refractivity contribution in [2.24, 2.45) is 64.1 Å². The second-order valence-corrected chi connectivity index (χ2v) is 26.1. The Balaban J connectivity index is 1.51. The van der Waals surface area contributed by atoms with E-state index in [0.717, 1.165) is 41.4 Å². The molecule has 0 radical (unpaired) electrons. The van der Waals surface area contributed by atoms with Crippen LogP contribution in [0.4, 0.5) is 0 Å². The summed E-state index contributed by atoms with van der Waals surface area (Å²) >= 11 is 0. The normalized spacial score (nSPS) is 33.3. The van der Waals surface area contributed by atoms with Gasteiger partial charge in [0, 0.05) is 13.5 Å². The highest BCUT2D eigenvalue weighted by molar-refractivity contribution is 6.76. The SMILES string of the molecule is C=C(CC1CCC(C(c2ccccc2)(c2ccccc2)C2C3CC(C(C)(C)C)CCC3C3CCC(C(C)(C)C)CC32)C1)C[Si](C)(C)C. The fourth-order valence-corrected chi connectivity index (χ4v) is 14.2. The van der Waals surface area contributed by atoms with Crippen molar-refractivity contribution in [1.29, 1.82) is 0 Å². The van der Waals surface area contributed by atoms with Crippen LogP contribution in [0.15, 0.2) is 72.8 Å². The standard InChI is InChI=1S/C46H70Si/c1-32(31-47(8,9)10)27-33-21-22-38(28-33)46(34-17-13-11-14-18-34,35-19-15-12-16-20-35)43-41-29-36(44(2,3)4)23-25-39(41)40-26-24-37(30-42(40)43)45(5,6)7/h11-20,33,36-43H,1,21-31H2,2-10H3. The zero-order chi connectivity index (χ0) is 33.8. The second-order valence-electron chi connectivity index (χ2n) is 20.6. The molecule has 0 N–H and O–H groups in total. The van der Waals surface area contributed by atoms with E-state index < -0.39 is 8.07 Å². The van der Waals surface area contributed by atoms with Gasteiger partial charge in [0.25, 0.3) is 0 Å². The molecule has 0 aromatic heterocycles. The molecule has 0 amide bonds. The van der Waals surface area contributed by atoms with Crippen LogP contribution in [0.1, 0.15) is 117 Å². The largest absolute Gasteiger partial charge is 0.100 e. The van der Waals surface area contributed by atoms with Gasteiger partial charge in [-0.05, 0) is 145 Å². The number of allylic oxidation sites excluding steroid dienone is 1. The third-order valence-electron chi connectivity index (χ3n) is 14.4. The quantitative estimate of drug-likeness (QED) is 0.197. The molecule has 6 rings (SSSR count). The van der Waals surface area contributed by atoms with Gasteiger partial charge >= 0.3 is 0 Å². The number of hydrogen-bond acceptors (Lipinski definition) is 0. The van der Waals surface area contributed by atoms with Crippen molar-refractivity contribution in [3.63, 3.8) is 0 Å². The van der Waals surface area contributed by atoms with E-state index in [2.05, 4.69) is 128 Å². The fraction of sp³-hybridized carbons (Fsp3) is 0.696. The summed E-state index contributed by atoms with van der Waals surface area (Å²) in [6, 6.07) is 25.6. The van der Waals surface area contributed by atoms with Crippen molar-refractivity contribution in [2.45, 2.75) is 137 Å². The van der Waals surface area contributed by atoms with Crippen molar-refractivity contribution >= 4 is 8.07 Å². The van der Waals surface area contributed by atoms with Crippen LogP contribution in [-0.4, -0.2) is 8.07 Å². The Morgan fingerprint density at radius 3 is 1.47 bits per heavy atom. The predicted octanol–water partition coefficient (Wildman–Crippen LogP) is 13.5. The molecule has 2 aromatic rings. The van der Waals surface area contributed by atoms with Gasteiger partial charge in [0.05, 0.1) is 0 Å². The predicted molar refractivity (Wildman–Crippen MR) is 207 cm³/mol. The first kappa shape index (κ1) is 35.2. The fourth-order valence-electron chi connectivity index (χ4n) is 12.5. The lowest BCUT2D eigenvalue weighted by Gasteiger charge is -2.53. The molecular formula is C46H70Si. The van der Waals surface area contributed by atoms with Crippen LogP contribution in [0.3, 0.4) is 0 Å². The molecule has 0 bridgehead atoms. The Morgan fingerprint density at radius 1 is 0.596 bits per heavy atom. The molecule has 258 valence electrons. The van der Waals surface area contributed by atoms with Crippen molar-refractivity contribution in [2.75, 3.05) is 0 Å². The van der Waals surface area contributed by atoms with E-state index in [4.69, 9.17) is 0 Å². The zero-order valence-corrected chi connectivity index (χ0v) is 33.0. The molecule has 4 saturated carbocycles. The average molecular weight is 651 g/mol. The third-order valence-corrected chi connectivity index (χ3v) is 16.0. The molecule has 0 nitrogen and oxygen atoms in total. The molecule has 1 heteroatoms. The van der Waals surface area contributed by atoms with Gasteiger partial charge in [-0.1, -0.05) is 127 Å². The second kappa shape index (κ2) is 13.3. The third kappa shape index (κ3) is 7.05. The van der Waals surface area contributed by atoms with E-state index in [1.165, 1.54) is 70.3 Å². The van der Waals surface area contributed by atoms with Crippen LogP contribution < -0.4 is 0 Å². The Bertz CT molecular complexity index is 1260. The van der Waals surface area contributed by atoms with Crippen LogP contribution in [0.25, 0.3) is 0 Å². The zero-order valence-electron chi connectivity index (χ0n) is 32.0. The molecule has 0 saturated heterocycles. The summed E-state index contributed by atoms with van der Waals surface area (Å²) in [5.74, 6) is 7.30. The van der Waals surface area contributed by atoms with Crippen LogP contribution in [0.2, 0.25) is 25.7 Å². The Labute approximate surface area is 292 Å². The first-order valence-electron chi connectivity index (χ1n) is 19.9. The van der Waals surface area contributed by atoms with E-state index in [-0.39, 0.29) is 5.41 Å². The van der Waals surface area contributed by atoms with Gasteiger partial charge in [-0.15, -0.1) is 6.58 Å². The Hall–Kier alpha value is -1.60. The minimum Gasteiger partial charge on any atom is -0.100 e. The van der Waals surface area contributed by atoms with E-state index in [0.29, 0.717) is 22.7 Å². The lowest BCUT2D eigenvalue weighted by Crippen LogP contribution is -2.49. The van der Waals surface area contributed by atoms with Gasteiger partial charge in [-0.2, -0.15) is 0 Å². The smallest absolute Gasteiger partial charge is 0.0483 e. The van der Waals surface area contributed by atoms with Gasteiger partial charge in [-0.3, -0.25) is 0 Å². The molecule has 0 spiro atoms. The summed E-state index contributed by atoms with van der Waals surface area (Å²) in [5.41, 5.74) is 5.65. The van der Waals surface area contributed by atoms with E-state index in [9.17, 15) is 0 Å². The summed E-state index contributed by atoms with van der Waals surface area (Å²) in [7, 11) is -1.16. The van der Waals surface area contributed by atoms with Crippen molar-refractivity contribution in [3.05, 3.63) is 83.9 Å². The van der Waals surface area contributed by atoms with Gasteiger partial charge < -0.3 is 0 Å². The molecule has 0 aliphatic heterocycles. The maximum atomic E-state index is 4.69. The minimum absolute atomic E-state index is 0.0687. The van der Waals surface area contributed by atoms with Gasteiger partial charge in [0.1, 0.15) is 0 Å². The van der Waals surface area contributed by atoms with Crippen LogP contribution in [-0.2, 0) is 5.41 Å². The lowest BCUT2D eigenvalue weighted by molar-refractivity contribution is 0.0421. The molecule has 4 aliphatic carbocycles. The Kier molecular flexibility index (Phi) is 9.94. The molecule has 8 unspecified atom stereocenters. The summed E-state index contributed by atoms with van der Waals surface area (Å²) < 4.78 is 0. The molecule has 2 aromatic carbocycles. The van der Waals surface area contributed by atoms with E-state index in [1.807, 2.05) is 0 Å². The molecule has 0 heterocycles. The average Bonchev–Trinajstić information content (AvgIpc) is 3.59. The van der Waals surface area contributed by atoms with Crippen LogP contribution in [0.5, 0.6) is 0 Å². The minimum atomic E-state index is -1.16. The summed E-state index contributed by atoms with van der Waals surface area (Å²) in [4.78, 5) is 0. The van der Waals surface area contributed by atoms with Gasteiger partial charge in [0.2, 0.25) is 0 Å². The number of hydrogen-bond donors (Lipinski definition) is 0. The van der Waals surface area contributed by atoms with E-state index in [1.54, 1.807) is 16.7 Å². The molecule has 4 aliphatic rings. The highest BCUT2D eigenvalue weighted by Crippen LogP contribution is 2.69. The number of fused-ring (bicyclic) bond motifs is 3. The van der Waals surface area contributed by atoms with Crippen LogP contribution in [0, 0.1) is 64.1 Å². The summed E-state index contributed by atoms with van der Waals surface area (Å²) in [6.45, 7) is 27.5. The van der Waals surface area contributed by atoms with Crippen molar-refractivity contribution < 1.29 is 0 Å². The van der Waals surface area contributed by atoms with Crippen LogP contribution >= 0.6 is 0 Å². The first-order chi connectivity index (χ1) is 22.1. The molecule has 47 heavy (non-hydrogen) atoms. The highest BCUT2D eigenvalue weighted by Gasteiger charge is 2.63. The highest BCUT2D eigenvalue weighted by atomic mass is 28.3. The first-order valence-corrected chi connectivity index (χ1v) is 23.6. The molecule has 8 atom stereocenters.